The van der Waals surface area contributed by atoms with E-state index in [1.54, 1.807) is 18.5 Å². The van der Waals surface area contributed by atoms with Crippen LogP contribution in [0, 0.1) is 0 Å². The van der Waals surface area contributed by atoms with Crippen LogP contribution in [0.15, 0.2) is 37.2 Å². The van der Waals surface area contributed by atoms with E-state index >= 15 is 0 Å². The molecule has 0 radical (unpaired) electrons. The lowest BCUT2D eigenvalue weighted by Gasteiger charge is -2.03. The highest BCUT2D eigenvalue weighted by Crippen LogP contribution is 2.07. The molecule has 0 bridgehead atoms. The largest absolute Gasteiger partial charge is 0.321 e. The molecule has 1 aromatic rings. The standard InChI is InChI=1S/C8H10N2.ClH/c1-2-8(9)7-3-5-10-6-4-7;/h2-6,8H,1,9H2;1H/t8-;/m0./s1. The van der Waals surface area contributed by atoms with Crippen molar-refractivity contribution >= 4 is 12.4 Å². The number of hydrogen-bond donors (Lipinski definition) is 1. The maximum Gasteiger partial charge on any atom is 0.0479 e. The maximum atomic E-state index is 5.65. The van der Waals surface area contributed by atoms with Crippen LogP contribution in [0.25, 0.3) is 0 Å². The first-order chi connectivity index (χ1) is 4.84. The summed E-state index contributed by atoms with van der Waals surface area (Å²) in [6, 6.07) is 3.70. The zero-order valence-corrected chi connectivity index (χ0v) is 6.92. The number of halogens is 1. The van der Waals surface area contributed by atoms with Crippen molar-refractivity contribution in [3.63, 3.8) is 0 Å². The van der Waals surface area contributed by atoms with Gasteiger partial charge in [-0.25, -0.2) is 0 Å². The quantitative estimate of drug-likeness (QED) is 0.687. The summed E-state index contributed by atoms with van der Waals surface area (Å²) < 4.78 is 0. The van der Waals surface area contributed by atoms with Crippen LogP contribution < -0.4 is 5.73 Å². The monoisotopic (exact) mass is 170 g/mol. The summed E-state index contributed by atoms with van der Waals surface area (Å²) in [6.07, 6.45) is 5.15. The molecule has 11 heavy (non-hydrogen) atoms. The Morgan fingerprint density at radius 1 is 1.45 bits per heavy atom. The normalized spacial score (nSPS) is 11.4. The minimum atomic E-state index is -0.0667. The highest BCUT2D eigenvalue weighted by molar-refractivity contribution is 5.85. The van der Waals surface area contributed by atoms with Crippen LogP contribution >= 0.6 is 12.4 Å². The van der Waals surface area contributed by atoms with Gasteiger partial charge in [-0.1, -0.05) is 6.08 Å². The minimum Gasteiger partial charge on any atom is -0.321 e. The topological polar surface area (TPSA) is 38.9 Å². The molecule has 0 spiro atoms. The van der Waals surface area contributed by atoms with Crippen molar-refractivity contribution in [1.29, 1.82) is 0 Å². The Labute approximate surface area is 72.5 Å². The summed E-state index contributed by atoms with van der Waals surface area (Å²) in [5, 5.41) is 0. The van der Waals surface area contributed by atoms with Crippen LogP contribution in [-0.4, -0.2) is 4.98 Å². The van der Waals surface area contributed by atoms with Crippen LogP contribution in [-0.2, 0) is 0 Å². The molecule has 0 unspecified atom stereocenters. The fourth-order valence-electron chi connectivity index (χ4n) is 0.722. The summed E-state index contributed by atoms with van der Waals surface area (Å²) in [4.78, 5) is 3.87. The van der Waals surface area contributed by atoms with Crippen molar-refractivity contribution in [3.05, 3.63) is 42.7 Å². The first kappa shape index (κ1) is 10.1. The smallest absolute Gasteiger partial charge is 0.0479 e. The number of nitrogens with zero attached hydrogens (tertiary/aromatic N) is 1. The first-order valence-electron chi connectivity index (χ1n) is 3.12. The summed E-state index contributed by atoms with van der Waals surface area (Å²) >= 11 is 0. The molecule has 1 atom stereocenters. The van der Waals surface area contributed by atoms with Gasteiger partial charge in [0.1, 0.15) is 0 Å². The Balaban J connectivity index is 0.000001000. The second kappa shape index (κ2) is 4.88. The summed E-state index contributed by atoms with van der Waals surface area (Å²) in [7, 11) is 0. The van der Waals surface area contributed by atoms with Crippen molar-refractivity contribution in [1.82, 2.24) is 4.98 Å². The number of hydrogen-bond acceptors (Lipinski definition) is 2. The highest BCUT2D eigenvalue weighted by atomic mass is 35.5. The Morgan fingerprint density at radius 2 is 2.00 bits per heavy atom. The second-order valence-corrected chi connectivity index (χ2v) is 2.04. The second-order valence-electron chi connectivity index (χ2n) is 2.04. The van der Waals surface area contributed by atoms with Gasteiger partial charge in [0, 0.05) is 18.4 Å². The fourth-order valence-corrected chi connectivity index (χ4v) is 0.722. The molecule has 2 N–H and O–H groups in total. The van der Waals surface area contributed by atoms with Gasteiger partial charge in [-0.2, -0.15) is 0 Å². The third kappa shape index (κ3) is 2.70. The lowest BCUT2D eigenvalue weighted by molar-refractivity contribution is 0.910. The zero-order chi connectivity index (χ0) is 7.40. The van der Waals surface area contributed by atoms with Gasteiger partial charge in [-0.05, 0) is 17.7 Å². The van der Waals surface area contributed by atoms with Gasteiger partial charge in [0.05, 0.1) is 0 Å². The molecule has 0 aliphatic rings. The fraction of sp³-hybridized carbons (Fsp3) is 0.125. The van der Waals surface area contributed by atoms with Crippen molar-refractivity contribution in [3.8, 4) is 0 Å². The lowest BCUT2D eigenvalue weighted by atomic mass is 10.1. The molecule has 1 heterocycles. The average molecular weight is 171 g/mol. The van der Waals surface area contributed by atoms with E-state index in [1.165, 1.54) is 0 Å². The van der Waals surface area contributed by atoms with E-state index in [2.05, 4.69) is 11.6 Å². The van der Waals surface area contributed by atoms with E-state index in [-0.39, 0.29) is 18.4 Å². The van der Waals surface area contributed by atoms with E-state index in [1.807, 2.05) is 12.1 Å². The molecule has 1 aromatic heterocycles. The highest BCUT2D eigenvalue weighted by Gasteiger charge is 1.96. The van der Waals surface area contributed by atoms with Gasteiger partial charge >= 0.3 is 0 Å². The van der Waals surface area contributed by atoms with Crippen molar-refractivity contribution < 1.29 is 0 Å². The molecule has 0 aliphatic heterocycles. The van der Waals surface area contributed by atoms with E-state index < -0.39 is 0 Å². The molecule has 0 saturated carbocycles. The van der Waals surface area contributed by atoms with Gasteiger partial charge in [-0.3, -0.25) is 4.98 Å². The number of pyridine rings is 1. The Hall–Kier alpha value is -0.860. The third-order valence-electron chi connectivity index (χ3n) is 1.34. The minimum absolute atomic E-state index is 0. The molecule has 2 nitrogen and oxygen atoms in total. The molecule has 1 rings (SSSR count). The molecular formula is C8H11ClN2. The van der Waals surface area contributed by atoms with Crippen molar-refractivity contribution in [2.45, 2.75) is 6.04 Å². The Morgan fingerprint density at radius 3 is 2.45 bits per heavy atom. The Kier molecular flexibility index (Phi) is 4.50. The summed E-state index contributed by atoms with van der Waals surface area (Å²) in [5.74, 6) is 0. The van der Waals surface area contributed by atoms with E-state index in [4.69, 9.17) is 5.73 Å². The predicted octanol–water partition coefficient (Wildman–Crippen LogP) is 1.69. The number of rotatable bonds is 2. The summed E-state index contributed by atoms with van der Waals surface area (Å²) in [5.41, 5.74) is 6.69. The maximum absolute atomic E-state index is 5.65. The van der Waals surface area contributed by atoms with E-state index in [0.717, 1.165) is 5.56 Å². The molecule has 0 aliphatic carbocycles. The van der Waals surface area contributed by atoms with Crippen LogP contribution in [0.1, 0.15) is 11.6 Å². The molecule has 0 fully saturated rings. The molecular weight excluding hydrogens is 160 g/mol. The van der Waals surface area contributed by atoms with E-state index in [9.17, 15) is 0 Å². The first-order valence-corrected chi connectivity index (χ1v) is 3.12. The number of aromatic nitrogens is 1. The molecule has 0 amide bonds. The van der Waals surface area contributed by atoms with Crippen LogP contribution in [0.5, 0.6) is 0 Å². The summed E-state index contributed by atoms with van der Waals surface area (Å²) in [6.45, 7) is 3.59. The van der Waals surface area contributed by atoms with Gasteiger partial charge in [0.25, 0.3) is 0 Å². The Bertz CT molecular complexity index is 211. The van der Waals surface area contributed by atoms with Crippen LogP contribution in [0.2, 0.25) is 0 Å². The SMILES string of the molecule is C=C[C@H](N)c1ccncc1.Cl. The number of nitrogens with two attached hydrogens (primary N) is 1. The molecule has 0 aromatic carbocycles. The lowest BCUT2D eigenvalue weighted by Crippen LogP contribution is -2.05. The predicted molar refractivity (Wildman–Crippen MR) is 48.6 cm³/mol. The van der Waals surface area contributed by atoms with Gasteiger partial charge in [0.15, 0.2) is 0 Å². The van der Waals surface area contributed by atoms with Crippen LogP contribution in [0.3, 0.4) is 0 Å². The van der Waals surface area contributed by atoms with E-state index in [0.29, 0.717) is 0 Å². The van der Waals surface area contributed by atoms with Crippen molar-refractivity contribution in [2.24, 2.45) is 5.73 Å². The van der Waals surface area contributed by atoms with Gasteiger partial charge < -0.3 is 5.73 Å². The molecule has 0 saturated heterocycles. The third-order valence-corrected chi connectivity index (χ3v) is 1.34. The van der Waals surface area contributed by atoms with Crippen molar-refractivity contribution in [2.75, 3.05) is 0 Å². The zero-order valence-electron chi connectivity index (χ0n) is 6.10. The molecule has 60 valence electrons. The van der Waals surface area contributed by atoms with Gasteiger partial charge in [-0.15, -0.1) is 19.0 Å². The van der Waals surface area contributed by atoms with Gasteiger partial charge in [0.2, 0.25) is 0 Å². The molecule has 3 heteroatoms. The average Bonchev–Trinajstić information content (AvgIpc) is 2.05. The van der Waals surface area contributed by atoms with Crippen LogP contribution in [0.4, 0.5) is 0 Å².